The lowest BCUT2D eigenvalue weighted by molar-refractivity contribution is 0.101. The number of ketones is 1. The number of carbonyl (C=O) groups is 1. The van der Waals surface area contributed by atoms with E-state index in [1.54, 1.807) is 44.2 Å². The molecule has 0 aliphatic rings. The highest BCUT2D eigenvalue weighted by Gasteiger charge is 2.14. The van der Waals surface area contributed by atoms with Crippen LogP contribution in [0.3, 0.4) is 0 Å². The number of benzene rings is 1. The maximum absolute atomic E-state index is 12.1. The molecule has 1 aromatic carbocycles. The average molecular weight is 268 g/mol. The second kappa shape index (κ2) is 7.31. The minimum Gasteiger partial charge on any atom is -0.497 e. The van der Waals surface area contributed by atoms with Gasteiger partial charge in [-0.3, -0.25) is 4.79 Å². The first kappa shape index (κ1) is 14.9. The molecule has 0 bridgehead atoms. The molecular formula is C14H20O3S. The van der Waals surface area contributed by atoms with Crippen LogP contribution in [0.1, 0.15) is 30.6 Å². The van der Waals surface area contributed by atoms with Crippen LogP contribution in [0.15, 0.2) is 18.2 Å². The summed E-state index contributed by atoms with van der Waals surface area (Å²) < 4.78 is 10.3. The van der Waals surface area contributed by atoms with Crippen molar-refractivity contribution in [1.82, 2.24) is 0 Å². The summed E-state index contributed by atoms with van der Waals surface area (Å²) >= 11 is 1.67. The van der Waals surface area contributed by atoms with Gasteiger partial charge in [0.1, 0.15) is 11.5 Å². The normalized spacial score (nSPS) is 12.0. The van der Waals surface area contributed by atoms with E-state index in [1.807, 2.05) is 0 Å². The summed E-state index contributed by atoms with van der Waals surface area (Å²) in [4.78, 5) is 12.1. The Bertz CT molecular complexity index is 404. The van der Waals surface area contributed by atoms with Crippen LogP contribution in [0.2, 0.25) is 0 Å². The van der Waals surface area contributed by atoms with Crippen LogP contribution in [0, 0.1) is 0 Å². The molecule has 0 saturated carbocycles. The van der Waals surface area contributed by atoms with Gasteiger partial charge < -0.3 is 9.47 Å². The van der Waals surface area contributed by atoms with Crippen molar-refractivity contribution < 1.29 is 14.3 Å². The third-order valence-electron chi connectivity index (χ3n) is 2.78. The Balaban J connectivity index is 2.78. The molecule has 18 heavy (non-hydrogen) atoms. The van der Waals surface area contributed by atoms with Crippen LogP contribution in [-0.2, 0) is 0 Å². The van der Waals surface area contributed by atoms with Gasteiger partial charge in [-0.05, 0) is 18.6 Å². The van der Waals surface area contributed by atoms with E-state index in [-0.39, 0.29) is 5.78 Å². The van der Waals surface area contributed by atoms with Crippen molar-refractivity contribution in [1.29, 1.82) is 0 Å². The summed E-state index contributed by atoms with van der Waals surface area (Å²) in [6, 6.07) is 5.28. The maximum Gasteiger partial charge on any atom is 0.176 e. The SMILES string of the molecule is CCC(C)SCC(=O)c1ccc(OC)cc1OC. The number of Topliss-reactive ketones (excluding diaryl/α,β-unsaturated/α-hetero) is 1. The average Bonchev–Trinajstić information content (AvgIpc) is 2.43. The third kappa shape index (κ3) is 3.95. The lowest BCUT2D eigenvalue weighted by Gasteiger charge is -2.11. The van der Waals surface area contributed by atoms with E-state index >= 15 is 0 Å². The second-order valence-electron chi connectivity index (χ2n) is 4.02. The molecule has 0 heterocycles. The Kier molecular flexibility index (Phi) is 6.05. The van der Waals surface area contributed by atoms with Gasteiger partial charge in [0, 0.05) is 11.3 Å². The predicted molar refractivity (Wildman–Crippen MR) is 76.1 cm³/mol. The number of hydrogen-bond acceptors (Lipinski definition) is 4. The van der Waals surface area contributed by atoms with Crippen LogP contribution in [0.4, 0.5) is 0 Å². The summed E-state index contributed by atoms with van der Waals surface area (Å²) in [6.07, 6.45) is 1.07. The molecule has 1 aromatic rings. The van der Waals surface area contributed by atoms with E-state index < -0.39 is 0 Å². The largest absolute Gasteiger partial charge is 0.497 e. The molecule has 1 rings (SSSR count). The molecule has 0 aliphatic heterocycles. The standard InChI is InChI=1S/C14H20O3S/c1-5-10(2)18-9-13(15)12-7-6-11(16-3)8-14(12)17-4/h6-8,10H,5,9H2,1-4H3. The van der Waals surface area contributed by atoms with Crippen molar-refractivity contribution in [2.45, 2.75) is 25.5 Å². The van der Waals surface area contributed by atoms with Crippen LogP contribution >= 0.6 is 11.8 Å². The second-order valence-corrected chi connectivity index (χ2v) is 5.45. The van der Waals surface area contributed by atoms with Gasteiger partial charge in [-0.25, -0.2) is 0 Å². The predicted octanol–water partition coefficient (Wildman–Crippen LogP) is 3.42. The van der Waals surface area contributed by atoms with Gasteiger partial charge in [-0.2, -0.15) is 11.8 Å². The first-order chi connectivity index (χ1) is 8.62. The molecule has 3 nitrogen and oxygen atoms in total. The number of hydrogen-bond donors (Lipinski definition) is 0. The Labute approximate surface area is 113 Å². The first-order valence-corrected chi connectivity index (χ1v) is 7.04. The molecule has 4 heteroatoms. The van der Waals surface area contributed by atoms with Crippen LogP contribution in [-0.4, -0.2) is 31.0 Å². The van der Waals surface area contributed by atoms with Gasteiger partial charge in [0.2, 0.25) is 0 Å². The van der Waals surface area contributed by atoms with Gasteiger partial charge in [-0.1, -0.05) is 13.8 Å². The molecule has 0 aliphatic carbocycles. The fourth-order valence-corrected chi connectivity index (χ4v) is 2.27. The van der Waals surface area contributed by atoms with Gasteiger partial charge in [-0.15, -0.1) is 0 Å². The van der Waals surface area contributed by atoms with Crippen molar-refractivity contribution in [3.8, 4) is 11.5 Å². The molecule has 1 atom stereocenters. The van der Waals surface area contributed by atoms with Crippen molar-refractivity contribution in [3.05, 3.63) is 23.8 Å². The van der Waals surface area contributed by atoms with E-state index in [1.165, 1.54) is 0 Å². The summed E-state index contributed by atoms with van der Waals surface area (Å²) in [5.74, 6) is 1.85. The zero-order valence-corrected chi connectivity index (χ0v) is 12.2. The summed E-state index contributed by atoms with van der Waals surface area (Å²) in [5, 5.41) is 0.498. The van der Waals surface area contributed by atoms with Gasteiger partial charge >= 0.3 is 0 Å². The number of ether oxygens (including phenoxy) is 2. The number of carbonyl (C=O) groups excluding carboxylic acids is 1. The Morgan fingerprint density at radius 2 is 2.06 bits per heavy atom. The van der Waals surface area contributed by atoms with Gasteiger partial charge in [0.05, 0.1) is 25.5 Å². The lowest BCUT2D eigenvalue weighted by atomic mass is 10.1. The highest BCUT2D eigenvalue weighted by Crippen LogP contribution is 2.26. The molecular weight excluding hydrogens is 248 g/mol. The zero-order chi connectivity index (χ0) is 13.5. The van der Waals surface area contributed by atoms with Crippen LogP contribution in [0.25, 0.3) is 0 Å². The monoisotopic (exact) mass is 268 g/mol. The highest BCUT2D eigenvalue weighted by molar-refractivity contribution is 8.00. The molecule has 1 unspecified atom stereocenters. The zero-order valence-electron chi connectivity index (χ0n) is 11.4. The molecule has 0 amide bonds. The quantitative estimate of drug-likeness (QED) is 0.710. The molecule has 0 spiro atoms. The molecule has 0 radical (unpaired) electrons. The minimum absolute atomic E-state index is 0.0970. The number of rotatable bonds is 7. The summed E-state index contributed by atoms with van der Waals surface area (Å²) in [5.41, 5.74) is 0.620. The van der Waals surface area contributed by atoms with Gasteiger partial charge in [0.25, 0.3) is 0 Å². The number of thioether (sulfide) groups is 1. The first-order valence-electron chi connectivity index (χ1n) is 5.99. The van der Waals surface area contributed by atoms with Crippen molar-refractivity contribution in [2.75, 3.05) is 20.0 Å². The molecule has 0 saturated heterocycles. The van der Waals surface area contributed by atoms with Crippen LogP contribution in [0.5, 0.6) is 11.5 Å². The van der Waals surface area contributed by atoms with Crippen LogP contribution < -0.4 is 9.47 Å². The fraction of sp³-hybridized carbons (Fsp3) is 0.500. The molecule has 0 N–H and O–H groups in total. The number of methoxy groups -OCH3 is 2. The van der Waals surface area contributed by atoms with E-state index in [9.17, 15) is 4.79 Å². The Morgan fingerprint density at radius 1 is 1.33 bits per heavy atom. The third-order valence-corrected chi connectivity index (χ3v) is 4.11. The molecule has 100 valence electrons. The fourth-order valence-electron chi connectivity index (χ4n) is 1.44. The Hall–Kier alpha value is -1.16. The topological polar surface area (TPSA) is 35.5 Å². The smallest absolute Gasteiger partial charge is 0.176 e. The van der Waals surface area contributed by atoms with Crippen molar-refractivity contribution in [3.63, 3.8) is 0 Å². The molecule has 0 aromatic heterocycles. The van der Waals surface area contributed by atoms with E-state index in [0.29, 0.717) is 28.1 Å². The maximum atomic E-state index is 12.1. The van der Waals surface area contributed by atoms with E-state index in [2.05, 4.69) is 13.8 Å². The minimum atomic E-state index is 0.0970. The van der Waals surface area contributed by atoms with Crippen molar-refractivity contribution in [2.24, 2.45) is 0 Å². The molecule has 0 fully saturated rings. The van der Waals surface area contributed by atoms with Crippen molar-refractivity contribution >= 4 is 17.5 Å². The van der Waals surface area contributed by atoms with Gasteiger partial charge in [0.15, 0.2) is 5.78 Å². The van der Waals surface area contributed by atoms with E-state index in [4.69, 9.17) is 9.47 Å². The lowest BCUT2D eigenvalue weighted by Crippen LogP contribution is -2.08. The summed E-state index contributed by atoms with van der Waals surface area (Å²) in [7, 11) is 3.16. The highest BCUT2D eigenvalue weighted by atomic mass is 32.2. The van der Waals surface area contributed by atoms with E-state index in [0.717, 1.165) is 6.42 Å². The Morgan fingerprint density at radius 3 is 2.61 bits per heavy atom. The summed E-state index contributed by atoms with van der Waals surface area (Å²) in [6.45, 7) is 4.25.